The van der Waals surface area contributed by atoms with Gasteiger partial charge >= 0.3 is 0 Å². The number of hydrogen-bond donors (Lipinski definition) is 2. The number of amides is 2. The second-order valence-corrected chi connectivity index (χ2v) is 7.21. The van der Waals surface area contributed by atoms with Crippen molar-refractivity contribution in [2.75, 3.05) is 32.2 Å². The quantitative estimate of drug-likeness (QED) is 0.595. The Hall–Kier alpha value is -4.00. The van der Waals surface area contributed by atoms with Gasteiger partial charge in [-0.2, -0.15) is 0 Å². The highest BCUT2D eigenvalue weighted by Crippen LogP contribution is 2.30. The molecule has 7 nitrogen and oxygen atoms in total. The zero-order chi connectivity index (χ0) is 22.3. The van der Waals surface area contributed by atoms with Crippen molar-refractivity contribution in [1.82, 2.24) is 5.32 Å². The molecule has 0 spiro atoms. The van der Waals surface area contributed by atoms with E-state index in [-0.39, 0.29) is 11.8 Å². The molecular formula is C25H24N2O5. The molecule has 0 radical (unpaired) electrons. The molecule has 1 heterocycles. The summed E-state index contributed by atoms with van der Waals surface area (Å²) in [6.07, 6.45) is 0.642. The summed E-state index contributed by atoms with van der Waals surface area (Å²) in [5.41, 5.74) is 2.36. The van der Waals surface area contributed by atoms with E-state index in [1.807, 2.05) is 18.2 Å². The molecule has 2 N–H and O–H groups in total. The van der Waals surface area contributed by atoms with E-state index < -0.39 is 0 Å². The lowest BCUT2D eigenvalue weighted by atomic mass is 10.1. The second kappa shape index (κ2) is 9.87. The third-order valence-corrected chi connectivity index (χ3v) is 5.08. The molecule has 0 aliphatic carbocycles. The molecule has 0 saturated heterocycles. The topological polar surface area (TPSA) is 85.9 Å². The highest BCUT2D eigenvalue weighted by atomic mass is 16.6. The zero-order valence-electron chi connectivity index (χ0n) is 17.7. The number of hydrogen-bond acceptors (Lipinski definition) is 5. The molecule has 0 saturated carbocycles. The monoisotopic (exact) mass is 432 g/mol. The Bertz CT molecular complexity index is 1110. The molecule has 0 aromatic heterocycles. The van der Waals surface area contributed by atoms with E-state index >= 15 is 0 Å². The average molecular weight is 432 g/mol. The molecule has 3 aromatic carbocycles. The van der Waals surface area contributed by atoms with Crippen LogP contribution in [0.3, 0.4) is 0 Å². The number of methoxy groups -OCH3 is 1. The minimum absolute atomic E-state index is 0.256. The van der Waals surface area contributed by atoms with Gasteiger partial charge in [-0.1, -0.05) is 18.2 Å². The first-order valence-corrected chi connectivity index (χ1v) is 10.4. The van der Waals surface area contributed by atoms with Gasteiger partial charge in [-0.25, -0.2) is 0 Å². The number of fused-ring (bicyclic) bond motifs is 1. The minimum Gasteiger partial charge on any atom is -0.497 e. The van der Waals surface area contributed by atoms with E-state index in [1.54, 1.807) is 55.6 Å². The van der Waals surface area contributed by atoms with Crippen LogP contribution in [0.2, 0.25) is 0 Å². The highest BCUT2D eigenvalue weighted by molar-refractivity contribution is 6.09. The smallest absolute Gasteiger partial charge is 0.255 e. The maximum atomic E-state index is 12.8. The first kappa shape index (κ1) is 21.2. The van der Waals surface area contributed by atoms with Crippen molar-refractivity contribution in [3.63, 3.8) is 0 Å². The molecule has 7 heteroatoms. The van der Waals surface area contributed by atoms with E-state index in [0.717, 1.165) is 17.1 Å². The summed E-state index contributed by atoms with van der Waals surface area (Å²) in [5, 5.41) is 5.73. The highest BCUT2D eigenvalue weighted by Gasteiger charge is 2.15. The fourth-order valence-corrected chi connectivity index (χ4v) is 3.39. The van der Waals surface area contributed by atoms with Gasteiger partial charge in [-0.3, -0.25) is 9.59 Å². The molecular weight excluding hydrogens is 408 g/mol. The maximum absolute atomic E-state index is 12.8. The SMILES string of the molecule is COc1ccc(C(=O)Nc2ccccc2C(=O)NCCc2ccc3c(c2)OCCO3)cc1. The minimum atomic E-state index is -0.302. The standard InChI is InChI=1S/C25H24N2O5/c1-30-19-9-7-18(8-10-19)24(28)27-21-5-3-2-4-20(21)25(29)26-13-12-17-6-11-22-23(16-17)32-15-14-31-22/h2-11,16H,12-15H2,1H3,(H,26,29)(H,27,28). The molecule has 0 unspecified atom stereocenters. The lowest BCUT2D eigenvalue weighted by Gasteiger charge is -2.19. The fraction of sp³-hybridized carbons (Fsp3) is 0.200. The number of nitrogens with one attached hydrogen (secondary N) is 2. The van der Waals surface area contributed by atoms with Gasteiger partial charge < -0.3 is 24.8 Å². The first-order chi connectivity index (χ1) is 15.6. The largest absolute Gasteiger partial charge is 0.497 e. The van der Waals surface area contributed by atoms with Crippen LogP contribution in [0.1, 0.15) is 26.3 Å². The van der Waals surface area contributed by atoms with Crippen molar-refractivity contribution >= 4 is 17.5 Å². The molecule has 164 valence electrons. The lowest BCUT2D eigenvalue weighted by Crippen LogP contribution is -2.27. The third-order valence-electron chi connectivity index (χ3n) is 5.08. The predicted octanol–water partition coefficient (Wildman–Crippen LogP) is 3.69. The molecule has 0 fully saturated rings. The third kappa shape index (κ3) is 5.00. The summed E-state index contributed by atoms with van der Waals surface area (Å²) in [4.78, 5) is 25.4. The summed E-state index contributed by atoms with van der Waals surface area (Å²) < 4.78 is 16.3. The number of benzene rings is 3. The van der Waals surface area contributed by atoms with Crippen molar-refractivity contribution in [3.05, 3.63) is 83.4 Å². The van der Waals surface area contributed by atoms with E-state index in [2.05, 4.69) is 10.6 Å². The number of para-hydroxylation sites is 1. The summed E-state index contributed by atoms with van der Waals surface area (Å²) >= 11 is 0. The molecule has 0 bridgehead atoms. The van der Waals surface area contributed by atoms with Gasteiger partial charge in [0.1, 0.15) is 19.0 Å². The van der Waals surface area contributed by atoms with Crippen LogP contribution >= 0.6 is 0 Å². The van der Waals surface area contributed by atoms with Crippen molar-refractivity contribution in [2.24, 2.45) is 0 Å². The molecule has 1 aliphatic heterocycles. The summed E-state index contributed by atoms with van der Waals surface area (Å²) in [6, 6.07) is 19.5. The van der Waals surface area contributed by atoms with Gasteiger partial charge in [0, 0.05) is 12.1 Å². The Morgan fingerprint density at radius 3 is 2.44 bits per heavy atom. The molecule has 0 atom stereocenters. The van der Waals surface area contributed by atoms with Gasteiger partial charge in [0.25, 0.3) is 11.8 Å². The van der Waals surface area contributed by atoms with Crippen molar-refractivity contribution in [1.29, 1.82) is 0 Å². The van der Waals surface area contributed by atoms with Gasteiger partial charge in [0.2, 0.25) is 0 Å². The van der Waals surface area contributed by atoms with Crippen molar-refractivity contribution in [3.8, 4) is 17.2 Å². The summed E-state index contributed by atoms with van der Waals surface area (Å²) in [5.74, 6) is 1.58. The molecule has 3 aromatic rings. The second-order valence-electron chi connectivity index (χ2n) is 7.21. The van der Waals surface area contributed by atoms with Gasteiger partial charge in [-0.05, 0) is 60.5 Å². The zero-order valence-corrected chi connectivity index (χ0v) is 17.7. The van der Waals surface area contributed by atoms with Crippen LogP contribution in [-0.2, 0) is 6.42 Å². The van der Waals surface area contributed by atoms with Crippen molar-refractivity contribution in [2.45, 2.75) is 6.42 Å². The van der Waals surface area contributed by atoms with E-state index in [1.165, 1.54) is 0 Å². The van der Waals surface area contributed by atoms with Crippen LogP contribution in [0.25, 0.3) is 0 Å². The fourth-order valence-electron chi connectivity index (χ4n) is 3.39. The Morgan fingerprint density at radius 1 is 0.906 bits per heavy atom. The Labute approximate surface area is 186 Å². The van der Waals surface area contributed by atoms with Crippen molar-refractivity contribution < 1.29 is 23.8 Å². The van der Waals surface area contributed by atoms with Gasteiger partial charge in [-0.15, -0.1) is 0 Å². The Kier molecular flexibility index (Phi) is 6.55. The number of rotatable bonds is 7. The van der Waals surface area contributed by atoms with Gasteiger partial charge in [0.15, 0.2) is 11.5 Å². The van der Waals surface area contributed by atoms with E-state index in [4.69, 9.17) is 14.2 Å². The van der Waals surface area contributed by atoms with Crippen LogP contribution in [0, 0.1) is 0 Å². The molecule has 32 heavy (non-hydrogen) atoms. The van der Waals surface area contributed by atoms with Crippen LogP contribution in [-0.4, -0.2) is 38.7 Å². The van der Waals surface area contributed by atoms with Crippen LogP contribution < -0.4 is 24.8 Å². The van der Waals surface area contributed by atoms with Crippen LogP contribution in [0.5, 0.6) is 17.2 Å². The maximum Gasteiger partial charge on any atom is 0.255 e. The summed E-state index contributed by atoms with van der Waals surface area (Å²) in [7, 11) is 1.57. The predicted molar refractivity (Wildman–Crippen MR) is 121 cm³/mol. The summed E-state index contributed by atoms with van der Waals surface area (Å²) in [6.45, 7) is 1.53. The number of carbonyl (C=O) groups excluding carboxylic acids is 2. The normalized spacial score (nSPS) is 12.0. The molecule has 2 amide bonds. The van der Waals surface area contributed by atoms with E-state index in [9.17, 15) is 9.59 Å². The van der Waals surface area contributed by atoms with E-state index in [0.29, 0.717) is 48.7 Å². The molecule has 4 rings (SSSR count). The Morgan fingerprint density at radius 2 is 1.66 bits per heavy atom. The first-order valence-electron chi connectivity index (χ1n) is 10.4. The van der Waals surface area contributed by atoms with Crippen LogP contribution in [0.4, 0.5) is 5.69 Å². The van der Waals surface area contributed by atoms with Crippen LogP contribution in [0.15, 0.2) is 66.7 Å². The van der Waals surface area contributed by atoms with Gasteiger partial charge in [0.05, 0.1) is 18.4 Å². The Balaban J connectivity index is 1.37. The lowest BCUT2D eigenvalue weighted by molar-refractivity contribution is 0.0955. The number of carbonyl (C=O) groups is 2. The number of anilines is 1. The average Bonchev–Trinajstić information content (AvgIpc) is 2.84. The molecule has 1 aliphatic rings. The number of ether oxygens (including phenoxy) is 3.